The number of aromatic nitrogens is 1. The first-order valence-corrected chi connectivity index (χ1v) is 5.91. The van der Waals surface area contributed by atoms with E-state index >= 15 is 0 Å². The van der Waals surface area contributed by atoms with Crippen molar-refractivity contribution >= 4 is 0 Å². The Morgan fingerprint density at radius 1 is 0.875 bits per heavy atom. The van der Waals surface area contributed by atoms with Gasteiger partial charge in [-0.2, -0.15) is 0 Å². The minimum Gasteiger partial charge on any atom is -0.352 e. The third-order valence-electron chi connectivity index (χ3n) is 3.13. The Bertz CT molecular complexity index is 439. The van der Waals surface area contributed by atoms with Crippen LogP contribution in [-0.4, -0.2) is 4.57 Å². The second-order valence-corrected chi connectivity index (χ2v) is 4.62. The lowest BCUT2D eigenvalue weighted by atomic mass is 9.96. The van der Waals surface area contributed by atoms with E-state index in [-0.39, 0.29) is 0 Å². The summed E-state index contributed by atoms with van der Waals surface area (Å²) in [5.74, 6) is 0.473. The molecule has 0 aliphatic carbocycles. The first-order chi connectivity index (χ1) is 7.68. The zero-order valence-corrected chi connectivity index (χ0v) is 10.2. The Morgan fingerprint density at radius 2 is 1.56 bits per heavy atom. The molecule has 0 bridgehead atoms. The molecule has 0 aliphatic rings. The van der Waals surface area contributed by atoms with Gasteiger partial charge in [0.2, 0.25) is 0 Å². The van der Waals surface area contributed by atoms with E-state index in [0.717, 1.165) is 0 Å². The molecule has 0 radical (unpaired) electrons. The Balaban J connectivity index is 2.24. The summed E-state index contributed by atoms with van der Waals surface area (Å²) >= 11 is 0. The number of rotatable bonds is 3. The number of hydrogen-bond donors (Lipinski definition) is 0. The molecule has 0 saturated heterocycles. The summed E-state index contributed by atoms with van der Waals surface area (Å²) in [7, 11) is 0. The highest BCUT2D eigenvalue weighted by molar-refractivity contribution is 5.30. The van der Waals surface area contributed by atoms with Gasteiger partial charge in [0.15, 0.2) is 0 Å². The molecule has 0 N–H and O–H groups in total. The van der Waals surface area contributed by atoms with Crippen molar-refractivity contribution in [3.8, 4) is 0 Å². The van der Waals surface area contributed by atoms with Crippen molar-refractivity contribution in [3.63, 3.8) is 0 Å². The summed E-state index contributed by atoms with van der Waals surface area (Å²) in [5.41, 5.74) is 2.77. The number of nitrogens with zero attached hydrogens (tertiary/aromatic N) is 1. The first kappa shape index (κ1) is 11.0. The van der Waals surface area contributed by atoms with Crippen LogP contribution >= 0.6 is 0 Å². The van der Waals surface area contributed by atoms with E-state index in [9.17, 15) is 0 Å². The van der Waals surface area contributed by atoms with Crippen molar-refractivity contribution in [3.05, 3.63) is 59.9 Å². The molecular formula is C15H19N. The SMILES string of the molecule is CC(c1ccccc1)c1ccn(C(C)C)c1. The molecule has 0 aliphatic heterocycles. The summed E-state index contributed by atoms with van der Waals surface area (Å²) in [6.45, 7) is 6.67. The first-order valence-electron chi connectivity index (χ1n) is 5.91. The van der Waals surface area contributed by atoms with E-state index in [1.807, 2.05) is 0 Å². The fourth-order valence-electron chi connectivity index (χ4n) is 1.94. The highest BCUT2D eigenvalue weighted by Crippen LogP contribution is 2.24. The largest absolute Gasteiger partial charge is 0.352 e. The topological polar surface area (TPSA) is 4.93 Å². The molecule has 0 amide bonds. The van der Waals surface area contributed by atoms with Crippen LogP contribution in [0.1, 0.15) is 43.9 Å². The Labute approximate surface area is 97.7 Å². The highest BCUT2D eigenvalue weighted by Gasteiger charge is 2.09. The Kier molecular flexibility index (Phi) is 3.14. The lowest BCUT2D eigenvalue weighted by Gasteiger charge is -2.10. The molecule has 1 heteroatoms. The lowest BCUT2D eigenvalue weighted by Crippen LogP contribution is -1.97. The fourth-order valence-corrected chi connectivity index (χ4v) is 1.94. The van der Waals surface area contributed by atoms with Crippen molar-refractivity contribution in [2.75, 3.05) is 0 Å². The lowest BCUT2D eigenvalue weighted by molar-refractivity contribution is 0.601. The van der Waals surface area contributed by atoms with Gasteiger partial charge in [-0.05, 0) is 31.0 Å². The van der Waals surface area contributed by atoms with Crippen LogP contribution in [0.2, 0.25) is 0 Å². The molecule has 0 spiro atoms. The zero-order chi connectivity index (χ0) is 11.5. The second-order valence-electron chi connectivity index (χ2n) is 4.62. The number of benzene rings is 1. The van der Waals surface area contributed by atoms with Crippen LogP contribution in [0.3, 0.4) is 0 Å². The summed E-state index contributed by atoms with van der Waals surface area (Å²) in [4.78, 5) is 0. The summed E-state index contributed by atoms with van der Waals surface area (Å²) < 4.78 is 2.26. The van der Waals surface area contributed by atoms with Gasteiger partial charge in [-0.25, -0.2) is 0 Å². The van der Waals surface area contributed by atoms with Gasteiger partial charge >= 0.3 is 0 Å². The van der Waals surface area contributed by atoms with Crippen LogP contribution in [-0.2, 0) is 0 Å². The van der Waals surface area contributed by atoms with Gasteiger partial charge in [0.1, 0.15) is 0 Å². The summed E-state index contributed by atoms with van der Waals surface area (Å²) in [5, 5.41) is 0. The van der Waals surface area contributed by atoms with Crippen LogP contribution in [0.25, 0.3) is 0 Å². The van der Waals surface area contributed by atoms with Gasteiger partial charge < -0.3 is 4.57 Å². The molecule has 1 aromatic carbocycles. The average molecular weight is 213 g/mol. The Hall–Kier alpha value is -1.50. The minimum absolute atomic E-state index is 0.473. The molecule has 1 unspecified atom stereocenters. The van der Waals surface area contributed by atoms with Crippen LogP contribution < -0.4 is 0 Å². The molecule has 0 saturated carbocycles. The minimum atomic E-state index is 0.473. The average Bonchev–Trinajstić information content (AvgIpc) is 2.78. The molecule has 1 heterocycles. The van der Waals surface area contributed by atoms with E-state index < -0.39 is 0 Å². The highest BCUT2D eigenvalue weighted by atomic mass is 15.0. The predicted octanol–water partition coefficient (Wildman–Crippen LogP) is 4.22. The van der Waals surface area contributed by atoms with Gasteiger partial charge in [-0.1, -0.05) is 37.3 Å². The molecule has 84 valence electrons. The van der Waals surface area contributed by atoms with Crippen LogP contribution in [0.15, 0.2) is 48.8 Å². The molecular weight excluding hydrogens is 194 g/mol. The van der Waals surface area contributed by atoms with Gasteiger partial charge in [-0.3, -0.25) is 0 Å². The molecule has 0 fully saturated rings. The quantitative estimate of drug-likeness (QED) is 0.719. The van der Waals surface area contributed by atoms with E-state index in [0.29, 0.717) is 12.0 Å². The van der Waals surface area contributed by atoms with Crippen molar-refractivity contribution in [2.45, 2.75) is 32.7 Å². The molecule has 16 heavy (non-hydrogen) atoms. The molecule has 2 aromatic rings. The normalized spacial score (nSPS) is 13.0. The van der Waals surface area contributed by atoms with Gasteiger partial charge in [-0.15, -0.1) is 0 Å². The summed E-state index contributed by atoms with van der Waals surface area (Å²) in [6.07, 6.45) is 4.42. The third-order valence-corrected chi connectivity index (χ3v) is 3.13. The third kappa shape index (κ3) is 2.19. The van der Waals surface area contributed by atoms with Crippen LogP contribution in [0.5, 0.6) is 0 Å². The number of hydrogen-bond acceptors (Lipinski definition) is 0. The fraction of sp³-hybridized carbons (Fsp3) is 0.333. The van der Waals surface area contributed by atoms with E-state index in [1.54, 1.807) is 0 Å². The molecule has 1 aromatic heterocycles. The molecule has 2 rings (SSSR count). The maximum absolute atomic E-state index is 2.26. The van der Waals surface area contributed by atoms with E-state index in [1.165, 1.54) is 11.1 Å². The van der Waals surface area contributed by atoms with Gasteiger partial charge in [0, 0.05) is 24.4 Å². The van der Waals surface area contributed by atoms with Crippen LogP contribution in [0, 0.1) is 0 Å². The smallest absolute Gasteiger partial charge is 0.0274 e. The Morgan fingerprint density at radius 3 is 2.12 bits per heavy atom. The van der Waals surface area contributed by atoms with Crippen molar-refractivity contribution < 1.29 is 0 Å². The van der Waals surface area contributed by atoms with E-state index in [4.69, 9.17) is 0 Å². The van der Waals surface area contributed by atoms with Gasteiger partial charge in [0.05, 0.1) is 0 Å². The van der Waals surface area contributed by atoms with Gasteiger partial charge in [0.25, 0.3) is 0 Å². The maximum atomic E-state index is 2.26. The predicted molar refractivity (Wildman–Crippen MR) is 68.8 cm³/mol. The molecule has 1 atom stereocenters. The van der Waals surface area contributed by atoms with E-state index in [2.05, 4.69) is 74.1 Å². The van der Waals surface area contributed by atoms with Crippen molar-refractivity contribution in [2.24, 2.45) is 0 Å². The maximum Gasteiger partial charge on any atom is 0.0274 e. The van der Waals surface area contributed by atoms with Crippen molar-refractivity contribution in [1.29, 1.82) is 0 Å². The molecule has 1 nitrogen and oxygen atoms in total. The second kappa shape index (κ2) is 4.56. The monoisotopic (exact) mass is 213 g/mol. The standard InChI is InChI=1S/C15H19N/c1-12(2)16-10-9-15(11-16)13(3)14-7-5-4-6-8-14/h4-13H,1-3H3. The zero-order valence-electron chi connectivity index (χ0n) is 10.2. The summed E-state index contributed by atoms with van der Waals surface area (Å²) in [6, 6.07) is 13.4. The van der Waals surface area contributed by atoms with Crippen molar-refractivity contribution in [1.82, 2.24) is 4.57 Å². The van der Waals surface area contributed by atoms with Crippen LogP contribution in [0.4, 0.5) is 0 Å².